The van der Waals surface area contributed by atoms with E-state index in [1.165, 1.54) is 12.1 Å². The Labute approximate surface area is 122 Å². The van der Waals surface area contributed by atoms with Crippen LogP contribution < -0.4 is 5.32 Å². The number of hydrogen-bond donors (Lipinski definition) is 1. The Kier molecular flexibility index (Phi) is 4.81. The van der Waals surface area contributed by atoms with Gasteiger partial charge in [-0.15, -0.1) is 0 Å². The average Bonchev–Trinajstić information content (AvgIpc) is 2.39. The van der Waals surface area contributed by atoms with Crippen molar-refractivity contribution >= 4 is 23.2 Å². The van der Waals surface area contributed by atoms with Gasteiger partial charge in [-0.2, -0.15) is 0 Å². The molecule has 0 amide bonds. The van der Waals surface area contributed by atoms with Gasteiger partial charge in [0.25, 0.3) is 0 Å². The maximum Gasteiger partial charge on any atom is 0.123 e. The minimum absolute atomic E-state index is 0.0331. The summed E-state index contributed by atoms with van der Waals surface area (Å²) < 4.78 is 13.1. The first kappa shape index (κ1) is 14.3. The molecule has 0 heterocycles. The summed E-state index contributed by atoms with van der Waals surface area (Å²) in [5.74, 6) is -0.230. The van der Waals surface area contributed by atoms with Crippen LogP contribution in [0.25, 0.3) is 0 Å². The van der Waals surface area contributed by atoms with Crippen molar-refractivity contribution in [2.24, 2.45) is 0 Å². The predicted octanol–water partition coefficient (Wildman–Crippen LogP) is 4.98. The molecule has 0 aliphatic heterocycles. The zero-order valence-corrected chi connectivity index (χ0v) is 12.0. The van der Waals surface area contributed by atoms with E-state index >= 15 is 0 Å². The zero-order chi connectivity index (χ0) is 13.8. The molecule has 0 bridgehead atoms. The topological polar surface area (TPSA) is 12.0 Å². The molecule has 0 saturated carbocycles. The van der Waals surface area contributed by atoms with E-state index in [2.05, 4.69) is 5.32 Å². The van der Waals surface area contributed by atoms with Crippen molar-refractivity contribution in [2.75, 3.05) is 0 Å². The monoisotopic (exact) mass is 297 g/mol. The summed E-state index contributed by atoms with van der Waals surface area (Å²) in [6.45, 7) is 2.56. The van der Waals surface area contributed by atoms with Crippen molar-refractivity contribution in [2.45, 2.75) is 19.5 Å². The van der Waals surface area contributed by atoms with Gasteiger partial charge in [-0.1, -0.05) is 35.3 Å². The highest BCUT2D eigenvalue weighted by molar-refractivity contribution is 6.33. The van der Waals surface area contributed by atoms with Crippen LogP contribution in [0.2, 0.25) is 10.0 Å². The lowest BCUT2D eigenvalue weighted by Crippen LogP contribution is -2.18. The summed E-state index contributed by atoms with van der Waals surface area (Å²) in [7, 11) is 0. The molecule has 0 unspecified atom stereocenters. The second-order valence-electron chi connectivity index (χ2n) is 4.39. The molecule has 4 heteroatoms. The van der Waals surface area contributed by atoms with Crippen molar-refractivity contribution in [3.63, 3.8) is 0 Å². The molecule has 0 aliphatic rings. The van der Waals surface area contributed by atoms with E-state index in [4.69, 9.17) is 23.2 Å². The van der Waals surface area contributed by atoms with Crippen LogP contribution in [-0.4, -0.2) is 0 Å². The first-order valence-corrected chi connectivity index (χ1v) is 6.74. The Bertz CT molecular complexity index is 572. The van der Waals surface area contributed by atoms with Gasteiger partial charge in [-0.3, -0.25) is 0 Å². The molecular weight excluding hydrogens is 284 g/mol. The summed E-state index contributed by atoms with van der Waals surface area (Å²) in [5.41, 5.74) is 1.83. The van der Waals surface area contributed by atoms with Crippen LogP contribution in [0.3, 0.4) is 0 Å². The highest BCUT2D eigenvalue weighted by Gasteiger charge is 2.07. The molecule has 0 radical (unpaired) electrons. The molecule has 2 aromatic rings. The summed E-state index contributed by atoms with van der Waals surface area (Å²) in [5, 5.41) is 4.62. The van der Waals surface area contributed by atoms with Gasteiger partial charge in [0.05, 0.1) is 0 Å². The van der Waals surface area contributed by atoms with E-state index in [1.54, 1.807) is 18.2 Å². The Morgan fingerprint density at radius 1 is 1.16 bits per heavy atom. The molecule has 0 aliphatic carbocycles. The van der Waals surface area contributed by atoms with Crippen LogP contribution in [0.5, 0.6) is 0 Å². The fourth-order valence-electron chi connectivity index (χ4n) is 1.84. The van der Waals surface area contributed by atoms with E-state index in [1.807, 2.05) is 19.1 Å². The van der Waals surface area contributed by atoms with Crippen LogP contribution in [0.1, 0.15) is 24.1 Å². The SMILES string of the molecule is C[C@H](NCc1cc(Cl)ccc1Cl)c1cccc(F)c1. The van der Waals surface area contributed by atoms with Gasteiger partial charge < -0.3 is 5.32 Å². The van der Waals surface area contributed by atoms with Gasteiger partial charge in [0.15, 0.2) is 0 Å². The minimum Gasteiger partial charge on any atom is -0.306 e. The van der Waals surface area contributed by atoms with Crippen LogP contribution in [-0.2, 0) is 6.54 Å². The molecular formula is C15H14Cl2FN. The molecule has 0 spiro atoms. The van der Waals surface area contributed by atoms with Gasteiger partial charge in [0.1, 0.15) is 5.82 Å². The van der Waals surface area contributed by atoms with E-state index in [9.17, 15) is 4.39 Å². The number of benzene rings is 2. The quantitative estimate of drug-likeness (QED) is 0.839. The van der Waals surface area contributed by atoms with Crippen molar-refractivity contribution in [3.8, 4) is 0 Å². The third-order valence-electron chi connectivity index (χ3n) is 2.96. The molecule has 19 heavy (non-hydrogen) atoms. The number of halogens is 3. The van der Waals surface area contributed by atoms with Crippen LogP contribution in [0, 0.1) is 5.82 Å². The summed E-state index contributed by atoms with van der Waals surface area (Å²) in [4.78, 5) is 0. The summed E-state index contributed by atoms with van der Waals surface area (Å²) >= 11 is 12.0. The summed E-state index contributed by atoms with van der Waals surface area (Å²) in [6.07, 6.45) is 0. The van der Waals surface area contributed by atoms with Gasteiger partial charge in [0.2, 0.25) is 0 Å². The number of nitrogens with one attached hydrogen (secondary N) is 1. The molecule has 2 rings (SSSR count). The average molecular weight is 298 g/mol. The number of rotatable bonds is 4. The summed E-state index contributed by atoms with van der Waals surface area (Å²) in [6, 6.07) is 11.9. The fraction of sp³-hybridized carbons (Fsp3) is 0.200. The van der Waals surface area contributed by atoms with Crippen molar-refractivity contribution < 1.29 is 4.39 Å². The molecule has 100 valence electrons. The number of hydrogen-bond acceptors (Lipinski definition) is 1. The largest absolute Gasteiger partial charge is 0.306 e. The van der Waals surface area contributed by atoms with Gasteiger partial charge >= 0.3 is 0 Å². The highest BCUT2D eigenvalue weighted by atomic mass is 35.5. The Morgan fingerprint density at radius 3 is 2.68 bits per heavy atom. The Balaban J connectivity index is 2.04. The van der Waals surface area contributed by atoms with Crippen molar-refractivity contribution in [3.05, 3.63) is 69.5 Å². The maximum absolute atomic E-state index is 13.1. The predicted molar refractivity (Wildman–Crippen MR) is 78.1 cm³/mol. The molecule has 0 saturated heterocycles. The van der Waals surface area contributed by atoms with Crippen molar-refractivity contribution in [1.82, 2.24) is 5.32 Å². The van der Waals surface area contributed by atoms with E-state index < -0.39 is 0 Å². The lowest BCUT2D eigenvalue weighted by molar-refractivity contribution is 0.565. The molecule has 1 N–H and O–H groups in total. The third kappa shape index (κ3) is 3.93. The van der Waals surface area contributed by atoms with E-state index in [-0.39, 0.29) is 11.9 Å². The normalized spacial score (nSPS) is 12.4. The molecule has 1 nitrogen and oxygen atoms in total. The second kappa shape index (κ2) is 6.38. The minimum atomic E-state index is -0.230. The standard InChI is InChI=1S/C15H14Cl2FN/c1-10(11-3-2-4-14(18)8-11)19-9-12-7-13(16)5-6-15(12)17/h2-8,10,19H,9H2,1H3/t10-/m0/s1. The Morgan fingerprint density at radius 2 is 1.95 bits per heavy atom. The first-order chi connectivity index (χ1) is 9.06. The maximum atomic E-state index is 13.1. The lowest BCUT2D eigenvalue weighted by Gasteiger charge is -2.15. The third-order valence-corrected chi connectivity index (χ3v) is 3.56. The zero-order valence-electron chi connectivity index (χ0n) is 10.5. The molecule has 1 atom stereocenters. The van der Waals surface area contributed by atoms with Crippen molar-refractivity contribution in [1.29, 1.82) is 0 Å². The van der Waals surface area contributed by atoms with E-state index in [0.717, 1.165) is 11.1 Å². The second-order valence-corrected chi connectivity index (χ2v) is 5.24. The molecule has 0 fully saturated rings. The van der Waals surface area contributed by atoms with Gasteiger partial charge in [-0.25, -0.2) is 4.39 Å². The molecule has 2 aromatic carbocycles. The van der Waals surface area contributed by atoms with Gasteiger partial charge in [-0.05, 0) is 48.4 Å². The van der Waals surface area contributed by atoms with Crippen LogP contribution in [0.15, 0.2) is 42.5 Å². The highest BCUT2D eigenvalue weighted by Crippen LogP contribution is 2.21. The Hall–Kier alpha value is -1.09. The molecule has 0 aromatic heterocycles. The fourth-order valence-corrected chi connectivity index (χ4v) is 2.21. The lowest BCUT2D eigenvalue weighted by atomic mass is 10.1. The van der Waals surface area contributed by atoms with Crippen LogP contribution >= 0.6 is 23.2 Å². The van der Waals surface area contributed by atoms with E-state index in [0.29, 0.717) is 16.6 Å². The first-order valence-electron chi connectivity index (χ1n) is 5.99. The van der Waals surface area contributed by atoms with Gasteiger partial charge in [0, 0.05) is 22.6 Å². The van der Waals surface area contributed by atoms with Crippen LogP contribution in [0.4, 0.5) is 4.39 Å². The smallest absolute Gasteiger partial charge is 0.123 e.